The molecule has 1 heterocycles. The van der Waals surface area contributed by atoms with Crippen LogP contribution in [0.4, 0.5) is 6.01 Å². The summed E-state index contributed by atoms with van der Waals surface area (Å²) in [7, 11) is 1.69. The fourth-order valence-electron chi connectivity index (χ4n) is 3.00. The van der Waals surface area contributed by atoms with Crippen LogP contribution in [-0.2, 0) is 11.3 Å². The van der Waals surface area contributed by atoms with Gasteiger partial charge in [0, 0.05) is 19.7 Å². The van der Waals surface area contributed by atoms with Crippen LogP contribution in [-0.4, -0.2) is 36.5 Å². The summed E-state index contributed by atoms with van der Waals surface area (Å²) in [5.41, 5.74) is 0. The van der Waals surface area contributed by atoms with Gasteiger partial charge in [-0.25, -0.2) is 0 Å². The third kappa shape index (κ3) is 5.28. The second-order valence-electron chi connectivity index (χ2n) is 5.73. The van der Waals surface area contributed by atoms with Crippen LogP contribution in [0.15, 0.2) is 4.42 Å². The molecule has 0 radical (unpaired) electrons. The van der Waals surface area contributed by atoms with E-state index < -0.39 is 0 Å². The van der Waals surface area contributed by atoms with Crippen molar-refractivity contribution in [1.82, 2.24) is 15.5 Å². The van der Waals surface area contributed by atoms with Crippen molar-refractivity contribution in [3.05, 3.63) is 5.89 Å². The largest absolute Gasteiger partial charge is 0.407 e. The third-order valence-corrected chi connectivity index (χ3v) is 4.19. The van der Waals surface area contributed by atoms with E-state index in [2.05, 4.69) is 27.8 Å². The van der Waals surface area contributed by atoms with Crippen LogP contribution in [0, 0.1) is 5.92 Å². The van der Waals surface area contributed by atoms with Gasteiger partial charge in [-0.15, -0.1) is 5.10 Å². The molecule has 1 unspecified atom stereocenters. The molecule has 0 amide bonds. The summed E-state index contributed by atoms with van der Waals surface area (Å²) in [6.07, 6.45) is 7.79. The Morgan fingerprint density at radius 2 is 2.10 bits per heavy atom. The van der Waals surface area contributed by atoms with Gasteiger partial charge in [0.2, 0.25) is 5.89 Å². The van der Waals surface area contributed by atoms with E-state index in [-0.39, 0.29) is 0 Å². The summed E-state index contributed by atoms with van der Waals surface area (Å²) >= 11 is 0. The topological polar surface area (TPSA) is 72.2 Å². The van der Waals surface area contributed by atoms with Crippen molar-refractivity contribution >= 4 is 6.01 Å². The highest BCUT2D eigenvalue weighted by Crippen LogP contribution is 2.29. The maximum absolute atomic E-state index is 5.65. The van der Waals surface area contributed by atoms with E-state index in [0.717, 1.165) is 18.9 Å². The molecule has 0 bridgehead atoms. The minimum atomic E-state index is 0.444. The predicted octanol–water partition coefficient (Wildman–Crippen LogP) is 2.58. The zero-order chi connectivity index (χ0) is 14.9. The van der Waals surface area contributed by atoms with Gasteiger partial charge in [0.15, 0.2) is 0 Å². The average molecular weight is 296 g/mol. The van der Waals surface area contributed by atoms with Crippen LogP contribution in [0.1, 0.15) is 51.3 Å². The van der Waals surface area contributed by atoms with E-state index in [1.807, 2.05) is 0 Å². The van der Waals surface area contributed by atoms with Gasteiger partial charge in [-0.1, -0.05) is 31.3 Å². The third-order valence-electron chi connectivity index (χ3n) is 4.19. The van der Waals surface area contributed by atoms with Crippen LogP contribution in [0.5, 0.6) is 0 Å². The molecule has 1 fully saturated rings. The summed E-state index contributed by atoms with van der Waals surface area (Å²) in [5, 5.41) is 14.8. The molecule has 1 saturated carbocycles. The lowest BCUT2D eigenvalue weighted by atomic mass is 9.83. The van der Waals surface area contributed by atoms with E-state index in [1.165, 1.54) is 32.1 Å². The van der Waals surface area contributed by atoms with Gasteiger partial charge in [-0.05, 0) is 25.2 Å². The maximum Gasteiger partial charge on any atom is 0.315 e. The Hall–Kier alpha value is -1.14. The molecule has 6 heteroatoms. The van der Waals surface area contributed by atoms with E-state index in [4.69, 9.17) is 9.15 Å². The molecule has 0 spiro atoms. The van der Waals surface area contributed by atoms with Crippen molar-refractivity contribution in [2.45, 2.75) is 58.0 Å². The molecule has 0 saturated heterocycles. The Kier molecular flexibility index (Phi) is 6.95. The second-order valence-corrected chi connectivity index (χ2v) is 5.73. The van der Waals surface area contributed by atoms with Gasteiger partial charge < -0.3 is 19.8 Å². The molecule has 2 N–H and O–H groups in total. The molecule has 0 aliphatic heterocycles. The number of hydrogen-bond donors (Lipinski definition) is 2. The van der Waals surface area contributed by atoms with Crippen molar-refractivity contribution in [3.8, 4) is 0 Å². The average Bonchev–Trinajstić information content (AvgIpc) is 2.98. The van der Waals surface area contributed by atoms with Gasteiger partial charge >= 0.3 is 6.01 Å². The molecule has 0 aromatic carbocycles. The number of rotatable bonds is 9. The Labute approximate surface area is 127 Å². The summed E-state index contributed by atoms with van der Waals surface area (Å²) < 4.78 is 10.6. The molecule has 120 valence electrons. The van der Waals surface area contributed by atoms with Gasteiger partial charge in [0.05, 0.1) is 13.2 Å². The number of aromatic nitrogens is 2. The summed E-state index contributed by atoms with van der Waals surface area (Å²) in [6, 6.07) is 0.996. The van der Waals surface area contributed by atoms with Gasteiger partial charge in [-0.2, -0.15) is 0 Å². The first-order valence-corrected chi connectivity index (χ1v) is 8.12. The smallest absolute Gasteiger partial charge is 0.315 e. The molecule has 6 nitrogen and oxygen atoms in total. The summed E-state index contributed by atoms with van der Waals surface area (Å²) in [5.74, 6) is 1.35. The van der Waals surface area contributed by atoms with Gasteiger partial charge in [-0.3, -0.25) is 0 Å². The van der Waals surface area contributed by atoms with E-state index in [0.29, 0.717) is 31.1 Å². The van der Waals surface area contributed by atoms with E-state index >= 15 is 0 Å². The van der Waals surface area contributed by atoms with Gasteiger partial charge in [0.25, 0.3) is 0 Å². The first-order valence-electron chi connectivity index (χ1n) is 8.12. The van der Waals surface area contributed by atoms with Crippen molar-refractivity contribution < 1.29 is 9.15 Å². The molecule has 1 aliphatic rings. The SMILES string of the molecule is CCC(Nc1nnc(CNCCOC)o1)C1CCCCC1. The first-order chi connectivity index (χ1) is 10.3. The summed E-state index contributed by atoms with van der Waals surface area (Å²) in [6.45, 7) is 4.26. The maximum atomic E-state index is 5.65. The minimum absolute atomic E-state index is 0.444. The number of methoxy groups -OCH3 is 1. The molecule has 1 aromatic heterocycles. The Morgan fingerprint density at radius 1 is 1.29 bits per heavy atom. The molecule has 21 heavy (non-hydrogen) atoms. The van der Waals surface area contributed by atoms with Crippen molar-refractivity contribution in [3.63, 3.8) is 0 Å². The lowest BCUT2D eigenvalue weighted by Crippen LogP contribution is -2.30. The predicted molar refractivity (Wildman–Crippen MR) is 82.2 cm³/mol. The number of nitrogens with zero attached hydrogens (tertiary/aromatic N) is 2. The zero-order valence-corrected chi connectivity index (χ0v) is 13.2. The van der Waals surface area contributed by atoms with Crippen LogP contribution >= 0.6 is 0 Å². The van der Waals surface area contributed by atoms with Crippen molar-refractivity contribution in [2.75, 3.05) is 25.6 Å². The fourth-order valence-corrected chi connectivity index (χ4v) is 3.00. The number of ether oxygens (including phenoxy) is 1. The van der Waals surface area contributed by atoms with Crippen LogP contribution in [0.25, 0.3) is 0 Å². The number of hydrogen-bond acceptors (Lipinski definition) is 6. The quantitative estimate of drug-likeness (QED) is 0.682. The molecule has 1 atom stereocenters. The second kappa shape index (κ2) is 9.00. The normalized spacial score (nSPS) is 17.8. The standard InChI is InChI=1S/C15H28N4O2/c1-3-13(12-7-5-4-6-8-12)17-15-19-18-14(21-15)11-16-9-10-20-2/h12-13,16H,3-11H2,1-2H3,(H,17,19). The highest BCUT2D eigenvalue weighted by Gasteiger charge is 2.23. The first kappa shape index (κ1) is 16.2. The number of anilines is 1. The molecular formula is C15H28N4O2. The zero-order valence-electron chi connectivity index (χ0n) is 13.2. The van der Waals surface area contributed by atoms with Crippen LogP contribution in [0.2, 0.25) is 0 Å². The van der Waals surface area contributed by atoms with E-state index in [1.54, 1.807) is 7.11 Å². The van der Waals surface area contributed by atoms with Gasteiger partial charge in [0.1, 0.15) is 0 Å². The lowest BCUT2D eigenvalue weighted by molar-refractivity contribution is 0.198. The monoisotopic (exact) mass is 296 g/mol. The minimum Gasteiger partial charge on any atom is -0.407 e. The molecular weight excluding hydrogens is 268 g/mol. The van der Waals surface area contributed by atoms with E-state index in [9.17, 15) is 0 Å². The molecule has 1 aromatic rings. The highest BCUT2D eigenvalue weighted by molar-refractivity contribution is 5.20. The highest BCUT2D eigenvalue weighted by atomic mass is 16.5. The Morgan fingerprint density at radius 3 is 2.81 bits per heavy atom. The van der Waals surface area contributed by atoms with Crippen molar-refractivity contribution in [2.24, 2.45) is 5.92 Å². The summed E-state index contributed by atoms with van der Waals surface area (Å²) in [4.78, 5) is 0. The van der Waals surface area contributed by atoms with Crippen molar-refractivity contribution in [1.29, 1.82) is 0 Å². The fraction of sp³-hybridized carbons (Fsp3) is 0.867. The lowest BCUT2D eigenvalue weighted by Gasteiger charge is -2.29. The number of nitrogens with one attached hydrogen (secondary N) is 2. The molecule has 2 rings (SSSR count). The Balaban J connectivity index is 1.79. The molecule has 1 aliphatic carbocycles. The van der Waals surface area contributed by atoms with Crippen LogP contribution < -0.4 is 10.6 Å². The Bertz CT molecular complexity index is 391. The van der Waals surface area contributed by atoms with Crippen LogP contribution in [0.3, 0.4) is 0 Å².